The van der Waals surface area contributed by atoms with Crippen molar-refractivity contribution < 1.29 is 0 Å². The molecular formula is C20H36N2. The molecule has 0 fully saturated rings. The third kappa shape index (κ3) is 7.72. The number of hydrogen-bond acceptors (Lipinski definition) is 2. The lowest BCUT2D eigenvalue weighted by Gasteiger charge is -2.21. The van der Waals surface area contributed by atoms with Crippen molar-refractivity contribution >= 4 is 11.4 Å². The monoisotopic (exact) mass is 304 g/mol. The first-order valence-electron chi connectivity index (χ1n) is 9.29. The molecule has 0 saturated heterocycles. The predicted molar refractivity (Wildman–Crippen MR) is 101 cm³/mol. The second-order valence-electron chi connectivity index (χ2n) is 6.63. The van der Waals surface area contributed by atoms with Crippen LogP contribution in [-0.4, -0.2) is 12.1 Å². The van der Waals surface area contributed by atoms with Crippen LogP contribution in [0.5, 0.6) is 0 Å². The minimum atomic E-state index is 0.532. The average molecular weight is 305 g/mol. The van der Waals surface area contributed by atoms with Crippen LogP contribution in [0.1, 0.15) is 79.1 Å². The molecule has 126 valence electrons. The molecule has 1 rings (SSSR count). The fourth-order valence-electron chi connectivity index (χ4n) is 2.81. The van der Waals surface area contributed by atoms with E-state index in [4.69, 9.17) is 0 Å². The maximum atomic E-state index is 3.68. The van der Waals surface area contributed by atoms with Gasteiger partial charge in [-0.1, -0.05) is 64.5 Å². The van der Waals surface area contributed by atoms with Gasteiger partial charge in [-0.25, -0.2) is 0 Å². The molecule has 0 aromatic heterocycles. The van der Waals surface area contributed by atoms with Crippen LogP contribution in [0, 0.1) is 0 Å². The summed E-state index contributed by atoms with van der Waals surface area (Å²) < 4.78 is 0. The van der Waals surface area contributed by atoms with E-state index < -0.39 is 0 Å². The highest BCUT2D eigenvalue weighted by Crippen LogP contribution is 2.24. The summed E-state index contributed by atoms with van der Waals surface area (Å²) in [6, 6.07) is 9.69. The number of unbranched alkanes of at least 4 members (excludes halogenated alkanes) is 4. The lowest BCUT2D eigenvalue weighted by Crippen LogP contribution is -2.19. The highest BCUT2D eigenvalue weighted by Gasteiger charge is 2.08. The summed E-state index contributed by atoms with van der Waals surface area (Å²) in [5.41, 5.74) is 2.49. The molecule has 1 aromatic carbocycles. The molecule has 0 heterocycles. The SMILES string of the molecule is CCCCCC(C)Nc1ccccc1NC(C)CCCCC. The predicted octanol–water partition coefficient (Wildman–Crippen LogP) is 6.45. The van der Waals surface area contributed by atoms with Crippen molar-refractivity contribution in [2.45, 2.75) is 91.1 Å². The maximum Gasteiger partial charge on any atom is 0.0578 e. The molecule has 2 unspecified atom stereocenters. The van der Waals surface area contributed by atoms with Gasteiger partial charge in [-0.3, -0.25) is 0 Å². The third-order valence-electron chi connectivity index (χ3n) is 4.21. The summed E-state index contributed by atoms with van der Waals surface area (Å²) in [4.78, 5) is 0. The Morgan fingerprint density at radius 2 is 1.14 bits per heavy atom. The Hall–Kier alpha value is -1.18. The number of para-hydroxylation sites is 2. The summed E-state index contributed by atoms with van der Waals surface area (Å²) in [5.74, 6) is 0. The van der Waals surface area contributed by atoms with Crippen LogP contribution in [0.25, 0.3) is 0 Å². The number of anilines is 2. The number of rotatable bonds is 12. The molecule has 0 saturated carbocycles. The minimum absolute atomic E-state index is 0.532. The molecule has 0 aliphatic carbocycles. The second kappa shape index (κ2) is 11.4. The van der Waals surface area contributed by atoms with Crippen molar-refractivity contribution in [2.24, 2.45) is 0 Å². The summed E-state index contributed by atoms with van der Waals surface area (Å²) in [6.07, 6.45) is 10.4. The molecular weight excluding hydrogens is 268 g/mol. The lowest BCUT2D eigenvalue weighted by atomic mass is 10.1. The van der Waals surface area contributed by atoms with Crippen LogP contribution in [0.2, 0.25) is 0 Å². The molecule has 0 spiro atoms. The number of benzene rings is 1. The molecule has 1 aromatic rings. The van der Waals surface area contributed by atoms with Crippen molar-refractivity contribution in [2.75, 3.05) is 10.6 Å². The summed E-state index contributed by atoms with van der Waals surface area (Å²) in [7, 11) is 0. The van der Waals surface area contributed by atoms with Crippen LogP contribution >= 0.6 is 0 Å². The molecule has 0 aliphatic heterocycles. The largest absolute Gasteiger partial charge is 0.381 e. The van der Waals surface area contributed by atoms with E-state index in [9.17, 15) is 0 Å². The molecule has 0 amide bonds. The van der Waals surface area contributed by atoms with Gasteiger partial charge >= 0.3 is 0 Å². The summed E-state index contributed by atoms with van der Waals surface area (Å²) in [5, 5.41) is 7.36. The molecule has 0 aliphatic rings. The fraction of sp³-hybridized carbons (Fsp3) is 0.700. The Morgan fingerprint density at radius 1 is 0.727 bits per heavy atom. The molecule has 0 radical (unpaired) electrons. The van der Waals surface area contributed by atoms with E-state index in [0.717, 1.165) is 0 Å². The van der Waals surface area contributed by atoms with Gasteiger partial charge in [0.25, 0.3) is 0 Å². The zero-order valence-corrected chi connectivity index (χ0v) is 15.1. The standard InChI is InChI=1S/C20H36N2/c1-5-7-9-13-17(3)21-19-15-11-12-16-20(19)22-18(4)14-10-8-6-2/h11-12,15-18,21-22H,5-10,13-14H2,1-4H3. The van der Waals surface area contributed by atoms with E-state index in [1.807, 2.05) is 0 Å². The highest BCUT2D eigenvalue weighted by atomic mass is 15.0. The lowest BCUT2D eigenvalue weighted by molar-refractivity contribution is 0.611. The van der Waals surface area contributed by atoms with Gasteiger partial charge in [-0.15, -0.1) is 0 Å². The van der Waals surface area contributed by atoms with Crippen LogP contribution in [0.3, 0.4) is 0 Å². The number of nitrogens with one attached hydrogen (secondary N) is 2. The molecule has 2 heteroatoms. The van der Waals surface area contributed by atoms with E-state index in [-0.39, 0.29) is 0 Å². The Morgan fingerprint density at radius 3 is 1.50 bits per heavy atom. The van der Waals surface area contributed by atoms with E-state index in [0.29, 0.717) is 12.1 Å². The van der Waals surface area contributed by atoms with Crippen molar-refractivity contribution in [3.05, 3.63) is 24.3 Å². The zero-order valence-electron chi connectivity index (χ0n) is 15.1. The van der Waals surface area contributed by atoms with Gasteiger partial charge in [0, 0.05) is 12.1 Å². The third-order valence-corrected chi connectivity index (χ3v) is 4.21. The quantitative estimate of drug-likeness (QED) is 0.434. The molecule has 2 N–H and O–H groups in total. The van der Waals surface area contributed by atoms with Gasteiger partial charge < -0.3 is 10.6 Å². The van der Waals surface area contributed by atoms with E-state index in [1.165, 1.54) is 62.7 Å². The van der Waals surface area contributed by atoms with E-state index in [2.05, 4.69) is 62.6 Å². The fourth-order valence-corrected chi connectivity index (χ4v) is 2.81. The highest BCUT2D eigenvalue weighted by molar-refractivity contribution is 5.69. The topological polar surface area (TPSA) is 24.1 Å². The molecule has 2 nitrogen and oxygen atoms in total. The van der Waals surface area contributed by atoms with Crippen LogP contribution < -0.4 is 10.6 Å². The summed E-state index contributed by atoms with van der Waals surface area (Å²) in [6.45, 7) is 9.10. The number of hydrogen-bond donors (Lipinski definition) is 2. The first-order chi connectivity index (χ1) is 10.7. The average Bonchev–Trinajstić information content (AvgIpc) is 2.50. The molecule has 2 atom stereocenters. The van der Waals surface area contributed by atoms with Crippen LogP contribution in [0.15, 0.2) is 24.3 Å². The van der Waals surface area contributed by atoms with Crippen LogP contribution in [-0.2, 0) is 0 Å². The molecule has 0 bridgehead atoms. The Kier molecular flexibility index (Phi) is 9.77. The summed E-state index contributed by atoms with van der Waals surface area (Å²) >= 11 is 0. The van der Waals surface area contributed by atoms with Crippen molar-refractivity contribution in [3.63, 3.8) is 0 Å². The Labute approximate surface area is 138 Å². The first kappa shape index (κ1) is 18.9. The van der Waals surface area contributed by atoms with E-state index in [1.54, 1.807) is 0 Å². The van der Waals surface area contributed by atoms with Crippen molar-refractivity contribution in [1.82, 2.24) is 0 Å². The maximum absolute atomic E-state index is 3.68. The van der Waals surface area contributed by atoms with Gasteiger partial charge in [-0.2, -0.15) is 0 Å². The van der Waals surface area contributed by atoms with E-state index >= 15 is 0 Å². The minimum Gasteiger partial charge on any atom is -0.381 e. The van der Waals surface area contributed by atoms with Gasteiger partial charge in [0.2, 0.25) is 0 Å². The zero-order chi connectivity index (χ0) is 16.2. The second-order valence-corrected chi connectivity index (χ2v) is 6.63. The normalized spacial score (nSPS) is 13.6. The van der Waals surface area contributed by atoms with Gasteiger partial charge in [0.1, 0.15) is 0 Å². The van der Waals surface area contributed by atoms with Gasteiger partial charge in [-0.05, 0) is 38.8 Å². The van der Waals surface area contributed by atoms with Crippen molar-refractivity contribution in [1.29, 1.82) is 0 Å². The van der Waals surface area contributed by atoms with Crippen LogP contribution in [0.4, 0.5) is 11.4 Å². The Bertz CT molecular complexity index is 352. The smallest absolute Gasteiger partial charge is 0.0578 e. The van der Waals surface area contributed by atoms with Crippen molar-refractivity contribution in [3.8, 4) is 0 Å². The first-order valence-corrected chi connectivity index (χ1v) is 9.29. The molecule has 22 heavy (non-hydrogen) atoms. The Balaban J connectivity index is 2.50. The van der Waals surface area contributed by atoms with Gasteiger partial charge in [0.15, 0.2) is 0 Å². The van der Waals surface area contributed by atoms with Gasteiger partial charge in [0.05, 0.1) is 11.4 Å².